The summed E-state index contributed by atoms with van der Waals surface area (Å²) in [6, 6.07) is 5.24. The van der Waals surface area contributed by atoms with E-state index in [1.807, 2.05) is 43.3 Å². The fraction of sp³-hybridized carbons (Fsp3) is 0.333. The number of nitrogens with zero attached hydrogens (tertiary/aromatic N) is 2. The zero-order valence-electron chi connectivity index (χ0n) is 12.5. The molecular formula is C15H20N4OS. The first-order valence-corrected chi connectivity index (χ1v) is 7.66. The van der Waals surface area contributed by atoms with E-state index in [1.165, 1.54) is 0 Å². The molecule has 0 radical (unpaired) electrons. The van der Waals surface area contributed by atoms with E-state index >= 15 is 0 Å². The van der Waals surface area contributed by atoms with Gasteiger partial charge < -0.3 is 11.1 Å². The number of nitrogen functional groups attached to an aromatic ring is 1. The number of aromatic nitrogens is 1. The Morgan fingerprint density at radius 1 is 1.52 bits per heavy atom. The molecule has 1 aromatic carbocycles. The fourth-order valence-electron chi connectivity index (χ4n) is 1.92. The average molecular weight is 304 g/mol. The van der Waals surface area contributed by atoms with Gasteiger partial charge in [-0.25, -0.2) is 4.98 Å². The minimum Gasteiger partial charge on any atom is -0.399 e. The van der Waals surface area contributed by atoms with E-state index in [0.29, 0.717) is 12.2 Å². The first kappa shape index (κ1) is 15.5. The molecule has 0 fully saturated rings. The molecule has 0 aliphatic carbocycles. The van der Waals surface area contributed by atoms with Crippen molar-refractivity contribution in [3.63, 3.8) is 0 Å². The summed E-state index contributed by atoms with van der Waals surface area (Å²) in [6.45, 7) is 4.47. The number of amides is 1. The third-order valence-corrected chi connectivity index (χ3v) is 4.09. The highest BCUT2D eigenvalue weighted by molar-refractivity contribution is 7.07. The summed E-state index contributed by atoms with van der Waals surface area (Å²) in [6.07, 6.45) is 0. The normalized spacial score (nSPS) is 12.4. The Balaban J connectivity index is 2.00. The molecule has 1 amide bonds. The monoisotopic (exact) mass is 304 g/mol. The summed E-state index contributed by atoms with van der Waals surface area (Å²) in [5.74, 6) is -0.0542. The molecule has 1 atom stereocenters. The van der Waals surface area contributed by atoms with Crippen LogP contribution < -0.4 is 11.1 Å². The van der Waals surface area contributed by atoms with Crippen molar-refractivity contribution in [3.8, 4) is 0 Å². The number of anilines is 2. The van der Waals surface area contributed by atoms with Gasteiger partial charge in [0, 0.05) is 23.3 Å². The number of rotatable bonds is 5. The van der Waals surface area contributed by atoms with Crippen LogP contribution in [0.5, 0.6) is 0 Å². The summed E-state index contributed by atoms with van der Waals surface area (Å²) < 4.78 is 0. The molecule has 1 aromatic heterocycles. The third-order valence-electron chi connectivity index (χ3n) is 3.45. The number of carbonyl (C=O) groups excluding carboxylic acids is 1. The van der Waals surface area contributed by atoms with E-state index in [0.717, 1.165) is 16.9 Å². The van der Waals surface area contributed by atoms with E-state index in [4.69, 9.17) is 5.73 Å². The number of hydrogen-bond acceptors (Lipinski definition) is 5. The van der Waals surface area contributed by atoms with Gasteiger partial charge in [-0.3, -0.25) is 9.69 Å². The standard InChI is InChI=1S/C15H20N4OS/c1-10-4-5-12(16)6-14(10)18-15(20)11(2)19(3)7-13-8-21-9-17-13/h4-6,8-9,11H,7,16H2,1-3H3,(H,18,20). The Labute approximate surface area is 128 Å². The Kier molecular flexibility index (Phi) is 4.93. The van der Waals surface area contributed by atoms with Crippen molar-refractivity contribution in [2.45, 2.75) is 26.4 Å². The summed E-state index contributed by atoms with van der Waals surface area (Å²) in [4.78, 5) is 18.5. The van der Waals surface area contributed by atoms with E-state index in [9.17, 15) is 4.79 Å². The van der Waals surface area contributed by atoms with Gasteiger partial charge in [0.15, 0.2) is 0 Å². The highest BCUT2D eigenvalue weighted by Gasteiger charge is 2.19. The molecule has 21 heavy (non-hydrogen) atoms. The van der Waals surface area contributed by atoms with Gasteiger partial charge in [0.2, 0.25) is 5.91 Å². The van der Waals surface area contributed by atoms with Crippen LogP contribution in [-0.4, -0.2) is 28.9 Å². The molecule has 1 heterocycles. The molecule has 0 saturated carbocycles. The zero-order chi connectivity index (χ0) is 15.4. The lowest BCUT2D eigenvalue weighted by molar-refractivity contribution is -0.120. The largest absolute Gasteiger partial charge is 0.399 e. The minimum absolute atomic E-state index is 0.0542. The number of carbonyl (C=O) groups is 1. The maximum Gasteiger partial charge on any atom is 0.241 e. The van der Waals surface area contributed by atoms with Crippen molar-refractivity contribution < 1.29 is 4.79 Å². The van der Waals surface area contributed by atoms with Gasteiger partial charge in [-0.2, -0.15) is 0 Å². The second kappa shape index (κ2) is 6.69. The molecule has 0 saturated heterocycles. The number of likely N-dealkylation sites (N-methyl/N-ethyl adjacent to an activating group) is 1. The summed E-state index contributed by atoms with van der Waals surface area (Å²) in [7, 11) is 1.91. The average Bonchev–Trinajstić information content (AvgIpc) is 2.94. The molecule has 0 aliphatic heterocycles. The highest BCUT2D eigenvalue weighted by atomic mass is 32.1. The lowest BCUT2D eigenvalue weighted by Crippen LogP contribution is -2.39. The number of nitrogens with two attached hydrogens (primary N) is 1. The molecule has 1 unspecified atom stereocenters. The summed E-state index contributed by atoms with van der Waals surface area (Å²) >= 11 is 1.56. The van der Waals surface area contributed by atoms with E-state index in [-0.39, 0.29) is 11.9 Å². The first-order valence-electron chi connectivity index (χ1n) is 6.71. The number of aryl methyl sites for hydroxylation is 1. The van der Waals surface area contributed by atoms with Crippen LogP contribution in [0.15, 0.2) is 29.1 Å². The highest BCUT2D eigenvalue weighted by Crippen LogP contribution is 2.19. The Morgan fingerprint density at radius 3 is 2.95 bits per heavy atom. The van der Waals surface area contributed by atoms with Crippen LogP contribution in [0.3, 0.4) is 0 Å². The molecule has 112 valence electrons. The van der Waals surface area contributed by atoms with Crippen LogP contribution in [0.1, 0.15) is 18.2 Å². The first-order chi connectivity index (χ1) is 9.97. The summed E-state index contributed by atoms with van der Waals surface area (Å²) in [5.41, 5.74) is 10.9. The van der Waals surface area contributed by atoms with Crippen molar-refractivity contribution >= 4 is 28.6 Å². The van der Waals surface area contributed by atoms with Crippen molar-refractivity contribution in [2.75, 3.05) is 18.1 Å². The quantitative estimate of drug-likeness (QED) is 0.833. The van der Waals surface area contributed by atoms with Crippen molar-refractivity contribution in [2.24, 2.45) is 0 Å². The molecule has 6 heteroatoms. The second-order valence-electron chi connectivity index (χ2n) is 5.13. The minimum atomic E-state index is -0.257. The number of benzene rings is 1. The Morgan fingerprint density at radius 2 is 2.29 bits per heavy atom. The molecule has 5 nitrogen and oxygen atoms in total. The third kappa shape index (κ3) is 4.03. The second-order valence-corrected chi connectivity index (χ2v) is 5.85. The van der Waals surface area contributed by atoms with Crippen LogP contribution in [-0.2, 0) is 11.3 Å². The Bertz CT molecular complexity index is 612. The van der Waals surface area contributed by atoms with Gasteiger partial charge in [-0.15, -0.1) is 11.3 Å². The van der Waals surface area contributed by atoms with Crippen molar-refractivity contribution in [1.82, 2.24) is 9.88 Å². The topological polar surface area (TPSA) is 71.2 Å². The van der Waals surface area contributed by atoms with Gasteiger partial charge in [0.1, 0.15) is 0 Å². The van der Waals surface area contributed by atoms with Crippen LogP contribution in [0.25, 0.3) is 0 Å². The molecule has 2 rings (SSSR count). The van der Waals surface area contributed by atoms with Crippen LogP contribution in [0.2, 0.25) is 0 Å². The maximum atomic E-state index is 12.3. The fourth-order valence-corrected chi connectivity index (χ4v) is 2.47. The summed E-state index contributed by atoms with van der Waals surface area (Å²) in [5, 5.41) is 4.92. The molecular weight excluding hydrogens is 284 g/mol. The van der Waals surface area contributed by atoms with E-state index in [2.05, 4.69) is 10.3 Å². The SMILES string of the molecule is Cc1ccc(N)cc1NC(=O)C(C)N(C)Cc1cscn1. The van der Waals surface area contributed by atoms with Gasteiger partial charge >= 0.3 is 0 Å². The Hall–Kier alpha value is -1.92. The number of thiazole rings is 1. The predicted octanol–water partition coefficient (Wildman–Crippen LogP) is 2.49. The van der Waals surface area contributed by atoms with Gasteiger partial charge in [-0.1, -0.05) is 6.07 Å². The number of hydrogen-bond donors (Lipinski definition) is 2. The molecule has 0 aliphatic rings. The maximum absolute atomic E-state index is 12.3. The van der Waals surface area contributed by atoms with Gasteiger partial charge in [0.05, 0.1) is 17.2 Å². The molecule has 2 aromatic rings. The number of nitrogens with one attached hydrogen (secondary N) is 1. The van der Waals surface area contributed by atoms with Crippen LogP contribution >= 0.6 is 11.3 Å². The van der Waals surface area contributed by atoms with Crippen molar-refractivity contribution in [3.05, 3.63) is 40.3 Å². The zero-order valence-corrected chi connectivity index (χ0v) is 13.3. The lowest BCUT2D eigenvalue weighted by Gasteiger charge is -2.23. The van der Waals surface area contributed by atoms with Gasteiger partial charge in [0.25, 0.3) is 0 Å². The molecule has 0 bridgehead atoms. The van der Waals surface area contributed by atoms with Gasteiger partial charge in [-0.05, 0) is 38.6 Å². The lowest BCUT2D eigenvalue weighted by atomic mass is 10.1. The van der Waals surface area contributed by atoms with E-state index < -0.39 is 0 Å². The predicted molar refractivity (Wildman–Crippen MR) is 87.3 cm³/mol. The van der Waals surface area contributed by atoms with Crippen LogP contribution in [0.4, 0.5) is 11.4 Å². The molecule has 0 spiro atoms. The van der Waals surface area contributed by atoms with Crippen molar-refractivity contribution in [1.29, 1.82) is 0 Å². The van der Waals surface area contributed by atoms with Crippen LogP contribution in [0, 0.1) is 6.92 Å². The smallest absolute Gasteiger partial charge is 0.241 e. The van der Waals surface area contributed by atoms with E-state index in [1.54, 1.807) is 22.9 Å². The molecule has 3 N–H and O–H groups in total.